The van der Waals surface area contributed by atoms with Gasteiger partial charge < -0.3 is 10.6 Å². The molecule has 2 aromatic rings. The monoisotopic (exact) mass is 306 g/mol. The van der Waals surface area contributed by atoms with Crippen molar-refractivity contribution in [2.75, 3.05) is 17.7 Å². The van der Waals surface area contributed by atoms with E-state index in [-0.39, 0.29) is 0 Å². The fraction of sp³-hybridized carbons (Fsp3) is 0.231. The highest BCUT2D eigenvalue weighted by Crippen LogP contribution is 2.17. The topological polar surface area (TPSA) is 49.8 Å². The molecule has 0 saturated carbocycles. The first kappa shape index (κ1) is 12.8. The van der Waals surface area contributed by atoms with Crippen molar-refractivity contribution in [2.24, 2.45) is 0 Å². The summed E-state index contributed by atoms with van der Waals surface area (Å²) >= 11 is 3.48. The maximum atomic E-state index is 4.18. The van der Waals surface area contributed by atoms with Crippen LogP contribution in [0.25, 0.3) is 0 Å². The van der Waals surface area contributed by atoms with Crippen molar-refractivity contribution in [1.29, 1.82) is 0 Å². The molecule has 0 unspecified atom stereocenters. The fourth-order valence-electron chi connectivity index (χ4n) is 1.61. The zero-order valence-corrected chi connectivity index (χ0v) is 12.0. The van der Waals surface area contributed by atoms with E-state index < -0.39 is 0 Å². The van der Waals surface area contributed by atoms with Crippen LogP contribution in [0.1, 0.15) is 11.1 Å². The molecule has 0 fully saturated rings. The van der Waals surface area contributed by atoms with Gasteiger partial charge in [0, 0.05) is 24.1 Å². The minimum Gasteiger partial charge on any atom is -0.373 e. The van der Waals surface area contributed by atoms with Crippen LogP contribution < -0.4 is 10.6 Å². The Morgan fingerprint density at radius 1 is 1.17 bits per heavy atom. The van der Waals surface area contributed by atoms with Gasteiger partial charge in [0.25, 0.3) is 0 Å². The Balaban J connectivity index is 2.08. The third-order valence-electron chi connectivity index (χ3n) is 2.69. The van der Waals surface area contributed by atoms with Gasteiger partial charge in [0.2, 0.25) is 0 Å². The van der Waals surface area contributed by atoms with E-state index in [1.807, 2.05) is 19.2 Å². The van der Waals surface area contributed by atoms with E-state index in [0.29, 0.717) is 0 Å². The van der Waals surface area contributed by atoms with Gasteiger partial charge in [-0.1, -0.05) is 22.0 Å². The van der Waals surface area contributed by atoms with Crippen LogP contribution in [-0.4, -0.2) is 17.0 Å². The second-order valence-electron chi connectivity index (χ2n) is 3.96. The number of hydrogen-bond donors (Lipinski definition) is 2. The van der Waals surface area contributed by atoms with Crippen molar-refractivity contribution in [2.45, 2.75) is 13.5 Å². The average molecular weight is 307 g/mol. The molecule has 0 spiro atoms. The number of benzene rings is 1. The van der Waals surface area contributed by atoms with E-state index in [9.17, 15) is 0 Å². The molecule has 0 aliphatic rings. The molecule has 0 saturated heterocycles. The first-order valence-corrected chi connectivity index (χ1v) is 6.47. The number of aryl methyl sites for hydroxylation is 1. The number of rotatable bonds is 4. The quantitative estimate of drug-likeness (QED) is 0.911. The van der Waals surface area contributed by atoms with E-state index in [2.05, 4.69) is 55.6 Å². The van der Waals surface area contributed by atoms with Crippen LogP contribution >= 0.6 is 15.9 Å². The normalized spacial score (nSPS) is 10.2. The molecule has 0 aliphatic heterocycles. The van der Waals surface area contributed by atoms with Gasteiger partial charge in [-0.15, -0.1) is 0 Å². The van der Waals surface area contributed by atoms with Crippen molar-refractivity contribution in [1.82, 2.24) is 9.97 Å². The second kappa shape index (κ2) is 5.82. The maximum Gasteiger partial charge on any atom is 0.131 e. The molecule has 1 aromatic carbocycles. The summed E-state index contributed by atoms with van der Waals surface area (Å²) in [6.07, 6.45) is 1.54. The summed E-state index contributed by atoms with van der Waals surface area (Å²) in [5, 5.41) is 6.28. The fourth-order valence-corrected chi connectivity index (χ4v) is 2.02. The predicted molar refractivity (Wildman–Crippen MR) is 77.8 cm³/mol. The van der Waals surface area contributed by atoms with E-state index in [0.717, 1.165) is 22.7 Å². The lowest BCUT2D eigenvalue weighted by Gasteiger charge is -2.09. The predicted octanol–water partition coefficient (Wildman–Crippen LogP) is 3.20. The van der Waals surface area contributed by atoms with E-state index >= 15 is 0 Å². The zero-order valence-electron chi connectivity index (χ0n) is 10.4. The van der Waals surface area contributed by atoms with Crippen LogP contribution in [0.3, 0.4) is 0 Å². The summed E-state index contributed by atoms with van der Waals surface area (Å²) in [7, 11) is 1.84. The number of anilines is 2. The van der Waals surface area contributed by atoms with E-state index in [1.165, 1.54) is 11.1 Å². The Morgan fingerprint density at radius 3 is 2.72 bits per heavy atom. The lowest BCUT2D eigenvalue weighted by molar-refractivity contribution is 1.06. The van der Waals surface area contributed by atoms with Gasteiger partial charge in [-0.25, -0.2) is 9.97 Å². The highest BCUT2D eigenvalue weighted by Gasteiger charge is 2.01. The number of aromatic nitrogens is 2. The van der Waals surface area contributed by atoms with Gasteiger partial charge in [0.05, 0.1) is 0 Å². The smallest absolute Gasteiger partial charge is 0.131 e. The van der Waals surface area contributed by atoms with Crippen LogP contribution in [0, 0.1) is 6.92 Å². The Kier molecular flexibility index (Phi) is 4.15. The molecular formula is C13H15BrN4. The lowest BCUT2D eigenvalue weighted by atomic mass is 10.1. The summed E-state index contributed by atoms with van der Waals surface area (Å²) in [6.45, 7) is 2.84. The van der Waals surface area contributed by atoms with Gasteiger partial charge in [0.15, 0.2) is 0 Å². The lowest BCUT2D eigenvalue weighted by Crippen LogP contribution is -2.04. The maximum absolute atomic E-state index is 4.18. The van der Waals surface area contributed by atoms with Crippen molar-refractivity contribution in [3.05, 3.63) is 46.2 Å². The van der Waals surface area contributed by atoms with Gasteiger partial charge in [0.1, 0.15) is 18.0 Å². The summed E-state index contributed by atoms with van der Waals surface area (Å²) in [4.78, 5) is 8.26. The first-order valence-electron chi connectivity index (χ1n) is 5.68. The summed E-state index contributed by atoms with van der Waals surface area (Å²) in [5.41, 5.74) is 2.50. The molecule has 0 aliphatic carbocycles. The van der Waals surface area contributed by atoms with Gasteiger partial charge >= 0.3 is 0 Å². The molecule has 1 aromatic heterocycles. The van der Waals surface area contributed by atoms with Crippen LogP contribution in [-0.2, 0) is 6.54 Å². The molecule has 0 bridgehead atoms. The van der Waals surface area contributed by atoms with Crippen LogP contribution in [0.2, 0.25) is 0 Å². The third-order valence-corrected chi connectivity index (χ3v) is 3.19. The summed E-state index contributed by atoms with van der Waals surface area (Å²) < 4.78 is 1.09. The molecule has 2 N–H and O–H groups in total. The molecular weight excluding hydrogens is 292 g/mol. The van der Waals surface area contributed by atoms with Crippen molar-refractivity contribution >= 4 is 27.6 Å². The standard InChI is InChI=1S/C13H15BrN4/c1-9-3-4-11(14)5-10(9)7-16-13-6-12(15-2)17-8-18-13/h3-6,8H,7H2,1-2H3,(H2,15,16,17,18). The van der Waals surface area contributed by atoms with Gasteiger partial charge in [-0.2, -0.15) is 0 Å². The van der Waals surface area contributed by atoms with Crippen molar-refractivity contribution < 1.29 is 0 Å². The highest BCUT2D eigenvalue weighted by atomic mass is 79.9. The molecule has 0 atom stereocenters. The molecule has 2 rings (SSSR count). The zero-order chi connectivity index (χ0) is 13.0. The van der Waals surface area contributed by atoms with E-state index in [1.54, 1.807) is 6.33 Å². The number of nitrogens with one attached hydrogen (secondary N) is 2. The Hall–Kier alpha value is -1.62. The summed E-state index contributed by atoms with van der Waals surface area (Å²) in [6, 6.07) is 8.14. The van der Waals surface area contributed by atoms with Crippen LogP contribution in [0.5, 0.6) is 0 Å². The molecule has 0 radical (unpaired) electrons. The highest BCUT2D eigenvalue weighted by molar-refractivity contribution is 9.10. The Morgan fingerprint density at radius 2 is 1.94 bits per heavy atom. The minimum absolute atomic E-state index is 0.742. The van der Waals surface area contributed by atoms with Crippen molar-refractivity contribution in [3.63, 3.8) is 0 Å². The number of nitrogens with zero attached hydrogens (tertiary/aromatic N) is 2. The molecule has 94 valence electrons. The van der Waals surface area contributed by atoms with Crippen molar-refractivity contribution in [3.8, 4) is 0 Å². The van der Waals surface area contributed by atoms with Gasteiger partial charge in [-0.3, -0.25) is 0 Å². The minimum atomic E-state index is 0.742. The molecule has 4 nitrogen and oxygen atoms in total. The number of hydrogen-bond acceptors (Lipinski definition) is 4. The number of halogens is 1. The third kappa shape index (κ3) is 3.20. The SMILES string of the molecule is CNc1cc(NCc2cc(Br)ccc2C)ncn1. The molecule has 18 heavy (non-hydrogen) atoms. The largest absolute Gasteiger partial charge is 0.373 e. The first-order chi connectivity index (χ1) is 8.69. The van der Waals surface area contributed by atoms with E-state index in [4.69, 9.17) is 0 Å². The Bertz CT molecular complexity index is 542. The second-order valence-corrected chi connectivity index (χ2v) is 4.88. The summed E-state index contributed by atoms with van der Waals surface area (Å²) in [5.74, 6) is 1.62. The van der Waals surface area contributed by atoms with Crippen LogP contribution in [0.15, 0.2) is 35.1 Å². The molecule has 5 heteroatoms. The average Bonchev–Trinajstić information content (AvgIpc) is 2.40. The van der Waals surface area contributed by atoms with Gasteiger partial charge in [-0.05, 0) is 30.2 Å². The molecule has 0 amide bonds. The Labute approximate surface area is 115 Å². The van der Waals surface area contributed by atoms with Crippen LogP contribution in [0.4, 0.5) is 11.6 Å². The molecule has 1 heterocycles.